The highest BCUT2D eigenvalue weighted by Crippen LogP contribution is 2.23. The topological polar surface area (TPSA) is 125 Å². The molecule has 0 bridgehead atoms. The zero-order valence-corrected chi connectivity index (χ0v) is 20.4. The molecule has 1 heterocycles. The summed E-state index contributed by atoms with van der Waals surface area (Å²) in [4.78, 5) is 37.2. The summed E-state index contributed by atoms with van der Waals surface area (Å²) in [5, 5.41) is 14.7. The Balaban J connectivity index is 1.47. The maximum atomic E-state index is 12.7. The van der Waals surface area contributed by atoms with Crippen LogP contribution >= 0.6 is 8.18 Å². The number of likely N-dealkylation sites (tertiary alicyclic amines) is 1. The number of aliphatic carboxylic acids is 1. The molecule has 1 fully saturated rings. The molecular weight excluding hydrogens is 469 g/mol. The van der Waals surface area contributed by atoms with Crippen LogP contribution in [0.15, 0.2) is 60.7 Å². The second-order valence-corrected chi connectivity index (χ2v) is 9.47. The Morgan fingerprint density at radius 2 is 1.80 bits per heavy atom. The van der Waals surface area contributed by atoms with Gasteiger partial charge in [-0.1, -0.05) is 53.6 Å². The van der Waals surface area contributed by atoms with Crippen molar-refractivity contribution in [3.05, 3.63) is 71.8 Å². The lowest BCUT2D eigenvalue weighted by Gasteiger charge is -2.28. The molecule has 1 aliphatic rings. The monoisotopic (exact) mass is 500 g/mol. The third-order valence-corrected chi connectivity index (χ3v) is 6.66. The number of carboxylic acids is 1. The van der Waals surface area contributed by atoms with Gasteiger partial charge in [0.2, 0.25) is 5.91 Å². The minimum absolute atomic E-state index is 0.135. The zero-order valence-electron chi connectivity index (χ0n) is 19.5. The van der Waals surface area contributed by atoms with Crippen LogP contribution in [0.2, 0.25) is 0 Å². The van der Waals surface area contributed by atoms with Crippen LogP contribution in [0.25, 0.3) is 0 Å². The number of rotatable bonds is 13. The molecule has 1 saturated heterocycles. The lowest BCUT2D eigenvalue weighted by molar-refractivity contribution is -0.146. The first-order valence-electron chi connectivity index (χ1n) is 11.7. The van der Waals surface area contributed by atoms with Crippen LogP contribution < -0.4 is 10.4 Å². The smallest absolute Gasteiger partial charge is 0.480 e. The van der Waals surface area contributed by atoms with Crippen molar-refractivity contribution < 1.29 is 28.6 Å². The number of amides is 2. The van der Waals surface area contributed by atoms with Crippen LogP contribution in [-0.4, -0.2) is 59.6 Å². The normalized spacial score (nSPS) is 17.0. The van der Waals surface area contributed by atoms with Gasteiger partial charge < -0.3 is 15.3 Å². The van der Waals surface area contributed by atoms with E-state index in [0.29, 0.717) is 44.2 Å². The number of carboxylic acid groups (broad SMARTS) is 1. The molecule has 2 unspecified atom stereocenters. The van der Waals surface area contributed by atoms with Gasteiger partial charge >= 0.3 is 14.1 Å². The fourth-order valence-corrected chi connectivity index (χ4v) is 4.87. The van der Waals surface area contributed by atoms with Crippen LogP contribution in [-0.2, 0) is 25.1 Å². The molecule has 0 saturated carbocycles. The number of hydrogen-bond donors (Lipinski definition) is 3. The summed E-state index contributed by atoms with van der Waals surface area (Å²) in [7, 11) is -2.28. The fourth-order valence-electron chi connectivity index (χ4n) is 4.00. The minimum atomic E-state index is -2.28. The van der Waals surface area contributed by atoms with E-state index in [1.807, 2.05) is 48.5 Å². The first-order valence-corrected chi connectivity index (χ1v) is 12.9. The van der Waals surface area contributed by atoms with Gasteiger partial charge in [-0.25, -0.2) is 0 Å². The van der Waals surface area contributed by atoms with E-state index in [-0.39, 0.29) is 31.0 Å². The SMILES string of the molecule is O=C(O)CN1CCC[C@H](N[P+](=O)OCCCC(Cc2ccccc2)NC(=O)c2ccccc2)C1=O. The largest absolute Gasteiger partial charge is 0.613 e. The highest BCUT2D eigenvalue weighted by Gasteiger charge is 2.36. The van der Waals surface area contributed by atoms with Crippen molar-refractivity contribution in [2.75, 3.05) is 19.7 Å². The molecule has 2 aromatic carbocycles. The molecule has 3 atom stereocenters. The van der Waals surface area contributed by atoms with E-state index >= 15 is 0 Å². The third kappa shape index (κ3) is 8.87. The molecule has 0 aliphatic carbocycles. The Bertz CT molecular complexity index is 1000. The third-order valence-electron chi connectivity index (χ3n) is 5.72. The van der Waals surface area contributed by atoms with Gasteiger partial charge in [0.05, 0.1) is 0 Å². The van der Waals surface area contributed by atoms with Crippen molar-refractivity contribution in [1.82, 2.24) is 15.3 Å². The standard InChI is InChI=1S/C25H30N3O6P/c29-23(30)18-28-15-7-14-22(25(28)32)27-35(33)34-16-8-13-21(17-19-9-3-1-4-10-19)26-24(31)20-11-5-2-6-12-20/h1-6,9-12,21-22H,7-8,13-18H2,(H2-,26,27,29,30,31,33)/p+1/t21?,22-/m0/s1. The van der Waals surface area contributed by atoms with E-state index < -0.39 is 20.2 Å². The minimum Gasteiger partial charge on any atom is -0.480 e. The molecule has 1 aliphatic heterocycles. The lowest BCUT2D eigenvalue weighted by atomic mass is 10.0. The van der Waals surface area contributed by atoms with Gasteiger partial charge in [0.1, 0.15) is 19.2 Å². The first-order chi connectivity index (χ1) is 16.9. The summed E-state index contributed by atoms with van der Waals surface area (Å²) in [6.07, 6.45) is 2.93. The number of nitrogens with one attached hydrogen (secondary N) is 2. The van der Waals surface area contributed by atoms with Crippen molar-refractivity contribution in [2.24, 2.45) is 0 Å². The average molecular weight is 501 g/mol. The Morgan fingerprint density at radius 1 is 1.11 bits per heavy atom. The quantitative estimate of drug-likeness (QED) is 0.285. The second-order valence-electron chi connectivity index (χ2n) is 8.44. The molecule has 10 heteroatoms. The molecular formula is C25H31N3O6P+. The molecule has 186 valence electrons. The van der Waals surface area contributed by atoms with Gasteiger partial charge in [0.25, 0.3) is 5.91 Å². The molecule has 0 aromatic heterocycles. The highest BCUT2D eigenvalue weighted by atomic mass is 31.1. The van der Waals surface area contributed by atoms with E-state index in [1.165, 1.54) is 4.90 Å². The zero-order chi connectivity index (χ0) is 25.0. The lowest BCUT2D eigenvalue weighted by Crippen LogP contribution is -2.50. The maximum Gasteiger partial charge on any atom is 0.613 e. The molecule has 2 aromatic rings. The van der Waals surface area contributed by atoms with Crippen molar-refractivity contribution >= 4 is 26.0 Å². The highest BCUT2D eigenvalue weighted by molar-refractivity contribution is 7.36. The predicted molar refractivity (Wildman–Crippen MR) is 131 cm³/mol. The predicted octanol–water partition coefficient (Wildman–Crippen LogP) is 3.15. The first kappa shape index (κ1) is 26.5. The number of piperidine rings is 1. The Kier molecular flexibility index (Phi) is 10.3. The van der Waals surface area contributed by atoms with Crippen molar-refractivity contribution in [3.63, 3.8) is 0 Å². The summed E-state index contributed by atoms with van der Waals surface area (Å²) < 4.78 is 17.7. The van der Waals surface area contributed by atoms with Gasteiger partial charge in [0, 0.05) is 18.2 Å². The van der Waals surface area contributed by atoms with Gasteiger partial charge in [-0.15, -0.1) is 4.52 Å². The van der Waals surface area contributed by atoms with Crippen LogP contribution in [0.5, 0.6) is 0 Å². The second kappa shape index (κ2) is 13.7. The molecule has 35 heavy (non-hydrogen) atoms. The molecule has 0 radical (unpaired) electrons. The summed E-state index contributed by atoms with van der Waals surface area (Å²) in [5.41, 5.74) is 1.68. The fraction of sp³-hybridized carbons (Fsp3) is 0.400. The number of benzene rings is 2. The Morgan fingerprint density at radius 3 is 2.49 bits per heavy atom. The van der Waals surface area contributed by atoms with Crippen molar-refractivity contribution in [1.29, 1.82) is 0 Å². The summed E-state index contributed by atoms with van der Waals surface area (Å²) >= 11 is 0. The molecule has 0 spiro atoms. The Labute approximate surface area is 205 Å². The summed E-state index contributed by atoms with van der Waals surface area (Å²) in [6.45, 7) is 0.194. The summed E-state index contributed by atoms with van der Waals surface area (Å²) in [6, 6.07) is 18.0. The van der Waals surface area contributed by atoms with Crippen molar-refractivity contribution in [3.8, 4) is 0 Å². The number of nitrogens with zero attached hydrogens (tertiary/aromatic N) is 1. The average Bonchev–Trinajstić information content (AvgIpc) is 2.85. The van der Waals surface area contributed by atoms with E-state index in [9.17, 15) is 18.9 Å². The van der Waals surface area contributed by atoms with Crippen LogP contribution in [0.3, 0.4) is 0 Å². The molecule has 3 rings (SSSR count). The molecule has 9 nitrogen and oxygen atoms in total. The van der Waals surface area contributed by atoms with Crippen molar-refractivity contribution in [2.45, 2.75) is 44.2 Å². The van der Waals surface area contributed by atoms with Gasteiger partial charge in [-0.3, -0.25) is 14.4 Å². The maximum absolute atomic E-state index is 12.7. The van der Waals surface area contributed by atoms with E-state index in [0.717, 1.165) is 5.56 Å². The number of hydrogen-bond acceptors (Lipinski definition) is 5. The van der Waals surface area contributed by atoms with Gasteiger partial charge in [0.15, 0.2) is 0 Å². The van der Waals surface area contributed by atoms with Crippen LogP contribution in [0.4, 0.5) is 0 Å². The number of carbonyl (C=O) groups is 3. The summed E-state index contributed by atoms with van der Waals surface area (Å²) in [5.74, 6) is -1.61. The molecule has 2 amide bonds. The number of carbonyl (C=O) groups excluding carboxylic acids is 2. The van der Waals surface area contributed by atoms with Gasteiger partial charge in [-0.2, -0.15) is 0 Å². The molecule has 3 N–H and O–H groups in total. The van der Waals surface area contributed by atoms with Crippen LogP contribution in [0.1, 0.15) is 41.6 Å². The van der Waals surface area contributed by atoms with E-state index in [4.69, 9.17) is 9.63 Å². The van der Waals surface area contributed by atoms with Crippen LogP contribution in [0, 0.1) is 0 Å². The Hall–Kier alpha value is -3.13. The van der Waals surface area contributed by atoms with Gasteiger partial charge in [-0.05, 0) is 54.4 Å². The van der Waals surface area contributed by atoms with E-state index in [2.05, 4.69) is 10.4 Å². The van der Waals surface area contributed by atoms with E-state index in [1.54, 1.807) is 12.1 Å².